The number of rotatable bonds is 6. The summed E-state index contributed by atoms with van der Waals surface area (Å²) in [6.45, 7) is 1.03. The highest BCUT2D eigenvalue weighted by atomic mass is 32.2. The van der Waals surface area contributed by atoms with E-state index in [1.165, 1.54) is 7.11 Å². The number of nitrogens with zero attached hydrogens (tertiary/aromatic N) is 2. The molecule has 0 spiro atoms. The topological polar surface area (TPSA) is 87.5 Å². The van der Waals surface area contributed by atoms with E-state index in [-0.39, 0.29) is 17.0 Å². The molecule has 2 aromatic carbocycles. The number of sulfone groups is 1. The second-order valence-corrected chi connectivity index (χ2v) is 8.61. The molecule has 0 radical (unpaired) electrons. The smallest absolute Gasteiger partial charge is 0.337 e. The molecule has 4 rings (SSSR count). The van der Waals surface area contributed by atoms with Crippen molar-refractivity contribution in [2.75, 3.05) is 13.7 Å². The molecule has 7 nitrogen and oxygen atoms in total. The van der Waals surface area contributed by atoms with Gasteiger partial charge in [-0.15, -0.1) is 0 Å². The SMILES string of the molecule is COC(=O)c1ccc2nc(S(=O)(=O)Cc3ccccc3)n(CC3CCO3)c2c1. The number of hydrogen-bond donors (Lipinski definition) is 0. The molecule has 1 aliphatic rings. The Kier molecular flexibility index (Phi) is 4.91. The van der Waals surface area contributed by atoms with Gasteiger partial charge in [-0.05, 0) is 30.2 Å². The molecule has 0 amide bonds. The quantitative estimate of drug-likeness (QED) is 0.591. The van der Waals surface area contributed by atoms with Crippen LogP contribution in [0.3, 0.4) is 0 Å². The summed E-state index contributed by atoms with van der Waals surface area (Å²) in [6, 6.07) is 13.8. The zero-order chi connectivity index (χ0) is 19.7. The largest absolute Gasteiger partial charge is 0.465 e. The van der Waals surface area contributed by atoms with E-state index in [0.717, 1.165) is 6.42 Å². The number of carbonyl (C=O) groups is 1. The van der Waals surface area contributed by atoms with Crippen molar-refractivity contribution in [2.24, 2.45) is 0 Å². The van der Waals surface area contributed by atoms with E-state index >= 15 is 0 Å². The molecule has 28 heavy (non-hydrogen) atoms. The average Bonchev–Trinajstić information content (AvgIpc) is 3.03. The predicted molar refractivity (Wildman–Crippen MR) is 103 cm³/mol. The van der Waals surface area contributed by atoms with Crippen molar-refractivity contribution >= 4 is 26.8 Å². The van der Waals surface area contributed by atoms with Crippen molar-refractivity contribution in [2.45, 2.75) is 30.0 Å². The highest BCUT2D eigenvalue weighted by Gasteiger charge is 2.28. The third kappa shape index (κ3) is 3.53. The van der Waals surface area contributed by atoms with Crippen LogP contribution in [0.25, 0.3) is 11.0 Å². The minimum atomic E-state index is -3.69. The van der Waals surface area contributed by atoms with Gasteiger partial charge >= 0.3 is 5.97 Å². The fraction of sp³-hybridized carbons (Fsp3) is 0.300. The van der Waals surface area contributed by atoms with Gasteiger partial charge in [-0.2, -0.15) is 0 Å². The molecule has 0 saturated carbocycles. The molecule has 1 aromatic heterocycles. The zero-order valence-corrected chi connectivity index (χ0v) is 16.2. The van der Waals surface area contributed by atoms with Crippen LogP contribution in [0.2, 0.25) is 0 Å². The van der Waals surface area contributed by atoms with Gasteiger partial charge in [-0.3, -0.25) is 0 Å². The fourth-order valence-electron chi connectivity index (χ4n) is 3.25. The van der Waals surface area contributed by atoms with Crippen LogP contribution in [0.15, 0.2) is 53.7 Å². The summed E-state index contributed by atoms with van der Waals surface area (Å²) in [5, 5.41) is -0.0103. The molecule has 1 fully saturated rings. The van der Waals surface area contributed by atoms with Gasteiger partial charge in [0.2, 0.25) is 15.0 Å². The molecule has 1 saturated heterocycles. The Labute approximate surface area is 162 Å². The van der Waals surface area contributed by atoms with Gasteiger partial charge in [0, 0.05) is 6.61 Å². The van der Waals surface area contributed by atoms with Gasteiger partial charge in [-0.25, -0.2) is 18.2 Å². The maximum absolute atomic E-state index is 13.1. The summed E-state index contributed by atoms with van der Waals surface area (Å²) < 4.78 is 38.2. The number of imidazole rings is 1. The molecular formula is C20H20N2O5S. The van der Waals surface area contributed by atoms with Gasteiger partial charge in [0.05, 0.1) is 42.1 Å². The Morgan fingerprint density at radius 2 is 2.00 bits per heavy atom. The first-order valence-corrected chi connectivity index (χ1v) is 10.6. The number of methoxy groups -OCH3 is 1. The number of carbonyl (C=O) groups excluding carboxylic acids is 1. The van der Waals surface area contributed by atoms with Crippen LogP contribution in [-0.4, -0.2) is 43.8 Å². The first kappa shape index (κ1) is 18.6. The highest BCUT2D eigenvalue weighted by molar-refractivity contribution is 7.90. The number of esters is 1. The number of benzene rings is 2. The molecule has 8 heteroatoms. The summed E-state index contributed by atoms with van der Waals surface area (Å²) in [6.07, 6.45) is 0.791. The lowest BCUT2D eigenvalue weighted by molar-refractivity contribution is -0.0598. The normalized spacial score (nSPS) is 16.7. The van der Waals surface area contributed by atoms with E-state index in [1.54, 1.807) is 47.0 Å². The van der Waals surface area contributed by atoms with Crippen LogP contribution in [0.5, 0.6) is 0 Å². The fourth-order valence-corrected chi connectivity index (χ4v) is 4.76. The van der Waals surface area contributed by atoms with Crippen LogP contribution in [0.4, 0.5) is 0 Å². The Bertz CT molecular complexity index is 1120. The molecular weight excluding hydrogens is 380 g/mol. The Balaban J connectivity index is 1.81. The number of ether oxygens (including phenoxy) is 2. The number of aromatic nitrogens is 2. The third-order valence-electron chi connectivity index (χ3n) is 4.79. The van der Waals surface area contributed by atoms with Gasteiger partial charge < -0.3 is 14.0 Å². The van der Waals surface area contributed by atoms with Crippen molar-refractivity contribution in [3.8, 4) is 0 Å². The summed E-state index contributed by atoms with van der Waals surface area (Å²) in [5.74, 6) is -0.629. The molecule has 1 atom stereocenters. The van der Waals surface area contributed by atoms with Gasteiger partial charge in [0.1, 0.15) is 0 Å². The molecule has 3 aromatic rings. The van der Waals surface area contributed by atoms with E-state index in [0.29, 0.717) is 35.3 Å². The standard InChI is InChI=1S/C20H20N2O5S/c1-26-19(23)15-7-8-17-18(11-15)22(12-16-9-10-27-16)20(21-17)28(24,25)13-14-5-3-2-4-6-14/h2-8,11,16H,9-10,12-13H2,1H3. The van der Waals surface area contributed by atoms with Crippen molar-refractivity contribution < 1.29 is 22.7 Å². The predicted octanol–water partition coefficient (Wildman–Crippen LogP) is 2.59. The lowest BCUT2D eigenvalue weighted by Crippen LogP contribution is -2.32. The van der Waals surface area contributed by atoms with Crippen molar-refractivity contribution in [3.63, 3.8) is 0 Å². The maximum Gasteiger partial charge on any atom is 0.337 e. The third-order valence-corrected chi connectivity index (χ3v) is 6.37. The molecule has 0 aliphatic carbocycles. The van der Waals surface area contributed by atoms with E-state index in [2.05, 4.69) is 4.98 Å². The molecule has 1 unspecified atom stereocenters. The van der Waals surface area contributed by atoms with Crippen LogP contribution in [0, 0.1) is 0 Å². The first-order chi connectivity index (χ1) is 13.5. The summed E-state index contributed by atoms with van der Waals surface area (Å²) in [7, 11) is -2.39. The van der Waals surface area contributed by atoms with Crippen LogP contribution < -0.4 is 0 Å². The lowest BCUT2D eigenvalue weighted by atomic mass is 10.1. The van der Waals surface area contributed by atoms with Gasteiger partial charge in [-0.1, -0.05) is 30.3 Å². The molecule has 2 heterocycles. The first-order valence-electron chi connectivity index (χ1n) is 8.95. The van der Waals surface area contributed by atoms with Crippen LogP contribution in [0.1, 0.15) is 22.3 Å². The molecule has 0 bridgehead atoms. The molecule has 146 valence electrons. The minimum Gasteiger partial charge on any atom is -0.465 e. The Hall–Kier alpha value is -2.71. The summed E-state index contributed by atoms with van der Waals surface area (Å²) in [5.41, 5.74) is 2.12. The monoisotopic (exact) mass is 400 g/mol. The minimum absolute atomic E-state index is 0.0103. The van der Waals surface area contributed by atoms with Gasteiger partial charge in [0.15, 0.2) is 0 Å². The number of fused-ring (bicyclic) bond motifs is 1. The van der Waals surface area contributed by atoms with Crippen LogP contribution in [-0.2, 0) is 31.6 Å². The van der Waals surface area contributed by atoms with E-state index in [1.807, 2.05) is 6.07 Å². The molecule has 0 N–H and O–H groups in total. The van der Waals surface area contributed by atoms with Crippen molar-refractivity contribution in [1.29, 1.82) is 0 Å². The second kappa shape index (κ2) is 7.37. The van der Waals surface area contributed by atoms with Crippen molar-refractivity contribution in [3.05, 3.63) is 59.7 Å². The van der Waals surface area contributed by atoms with Crippen LogP contribution >= 0.6 is 0 Å². The average molecular weight is 400 g/mol. The van der Waals surface area contributed by atoms with E-state index in [9.17, 15) is 13.2 Å². The summed E-state index contributed by atoms with van der Waals surface area (Å²) in [4.78, 5) is 16.3. The summed E-state index contributed by atoms with van der Waals surface area (Å²) >= 11 is 0. The molecule has 1 aliphatic heterocycles. The van der Waals surface area contributed by atoms with E-state index in [4.69, 9.17) is 9.47 Å². The lowest BCUT2D eigenvalue weighted by Gasteiger charge is -2.27. The van der Waals surface area contributed by atoms with E-state index < -0.39 is 15.8 Å². The van der Waals surface area contributed by atoms with Gasteiger partial charge in [0.25, 0.3) is 0 Å². The highest BCUT2D eigenvalue weighted by Crippen LogP contribution is 2.26. The van der Waals surface area contributed by atoms with Crippen molar-refractivity contribution in [1.82, 2.24) is 9.55 Å². The Morgan fingerprint density at radius 3 is 2.64 bits per heavy atom. The second-order valence-electron chi connectivity index (χ2n) is 6.73. The number of hydrogen-bond acceptors (Lipinski definition) is 6. The Morgan fingerprint density at radius 1 is 1.25 bits per heavy atom. The zero-order valence-electron chi connectivity index (χ0n) is 15.4. The maximum atomic E-state index is 13.1.